The first-order valence-corrected chi connectivity index (χ1v) is 9.59. The number of carbonyl (C=O) groups excluding carboxylic acids is 1. The first-order chi connectivity index (χ1) is 14.5. The van der Waals surface area contributed by atoms with E-state index in [1.807, 2.05) is 37.3 Å². The minimum absolute atomic E-state index is 0.0915. The third kappa shape index (κ3) is 5.22. The van der Waals surface area contributed by atoms with Gasteiger partial charge in [-0.1, -0.05) is 19.1 Å². The van der Waals surface area contributed by atoms with Gasteiger partial charge in [0.1, 0.15) is 35.6 Å². The fourth-order valence-corrected chi connectivity index (χ4v) is 2.96. The molecule has 0 spiro atoms. The maximum atomic E-state index is 11.8. The van der Waals surface area contributed by atoms with Crippen LogP contribution in [0.2, 0.25) is 0 Å². The number of pyridine rings is 1. The van der Waals surface area contributed by atoms with Crippen LogP contribution in [0.1, 0.15) is 53.6 Å². The summed E-state index contributed by atoms with van der Waals surface area (Å²) in [6.45, 7) is 3.64. The lowest BCUT2D eigenvalue weighted by Gasteiger charge is -2.15. The minimum atomic E-state index is -0.717. The van der Waals surface area contributed by atoms with Crippen molar-refractivity contribution >= 4 is 5.78 Å². The molecule has 0 saturated heterocycles. The second-order valence-corrected chi connectivity index (χ2v) is 6.76. The number of rotatable bonds is 8. The number of benzene rings is 2. The maximum absolute atomic E-state index is 11.8. The fraction of sp³-hybridized carbons (Fsp3) is 0.208. The van der Waals surface area contributed by atoms with E-state index in [1.54, 1.807) is 30.3 Å². The van der Waals surface area contributed by atoms with Crippen LogP contribution in [0.5, 0.6) is 17.2 Å². The summed E-state index contributed by atoms with van der Waals surface area (Å²) < 4.78 is 11.7. The van der Waals surface area contributed by atoms with Crippen molar-refractivity contribution in [2.24, 2.45) is 0 Å². The van der Waals surface area contributed by atoms with Crippen molar-refractivity contribution in [1.29, 1.82) is 5.26 Å². The zero-order chi connectivity index (χ0) is 21.5. The molecule has 0 aliphatic heterocycles. The number of aromatic nitrogens is 1. The SMILES string of the molecule is CCC(O)c1cc(OCc2cccc(Oc3ccc(C#N)nc3)c2)ccc1C(C)=O. The number of hydrogen-bond acceptors (Lipinski definition) is 6. The Morgan fingerprint density at radius 1 is 1.13 bits per heavy atom. The third-order valence-corrected chi connectivity index (χ3v) is 4.54. The highest BCUT2D eigenvalue weighted by Gasteiger charge is 2.15. The molecule has 0 amide bonds. The van der Waals surface area contributed by atoms with Gasteiger partial charge in [0, 0.05) is 5.56 Å². The van der Waals surface area contributed by atoms with Crippen LogP contribution in [0.3, 0.4) is 0 Å². The summed E-state index contributed by atoms with van der Waals surface area (Å²) in [4.78, 5) is 15.8. The number of carbonyl (C=O) groups is 1. The monoisotopic (exact) mass is 402 g/mol. The summed E-state index contributed by atoms with van der Waals surface area (Å²) in [7, 11) is 0. The van der Waals surface area contributed by atoms with Gasteiger partial charge in [-0.25, -0.2) is 4.98 Å². The molecule has 1 heterocycles. The van der Waals surface area contributed by atoms with Gasteiger partial charge in [0.25, 0.3) is 0 Å². The molecule has 30 heavy (non-hydrogen) atoms. The molecule has 0 bridgehead atoms. The smallest absolute Gasteiger partial charge is 0.160 e. The molecule has 0 radical (unpaired) electrons. The Morgan fingerprint density at radius 2 is 1.93 bits per heavy atom. The molecule has 6 heteroatoms. The Bertz CT molecular complexity index is 1070. The standard InChI is InChI=1S/C24H22N2O4/c1-3-24(28)23-12-19(9-10-22(23)16(2)27)29-15-17-5-4-6-20(11-17)30-21-8-7-18(13-25)26-14-21/h4-12,14,24,28H,3,15H2,1-2H3. The van der Waals surface area contributed by atoms with Crippen LogP contribution >= 0.6 is 0 Å². The van der Waals surface area contributed by atoms with Crippen LogP contribution in [0, 0.1) is 11.3 Å². The van der Waals surface area contributed by atoms with Crippen LogP contribution in [-0.4, -0.2) is 15.9 Å². The van der Waals surface area contributed by atoms with Crippen molar-refractivity contribution in [3.63, 3.8) is 0 Å². The minimum Gasteiger partial charge on any atom is -0.489 e. The molecule has 0 aliphatic carbocycles. The fourth-order valence-electron chi connectivity index (χ4n) is 2.96. The van der Waals surface area contributed by atoms with E-state index in [0.29, 0.717) is 47.1 Å². The molecule has 0 saturated carbocycles. The summed E-state index contributed by atoms with van der Waals surface area (Å²) >= 11 is 0. The van der Waals surface area contributed by atoms with Gasteiger partial charge in [-0.15, -0.1) is 0 Å². The van der Waals surface area contributed by atoms with Crippen LogP contribution in [0.15, 0.2) is 60.8 Å². The van der Waals surface area contributed by atoms with Crippen molar-refractivity contribution in [2.45, 2.75) is 33.0 Å². The first kappa shape index (κ1) is 21.0. The lowest BCUT2D eigenvalue weighted by Crippen LogP contribution is -2.06. The number of ketones is 1. The zero-order valence-electron chi connectivity index (χ0n) is 16.8. The van der Waals surface area contributed by atoms with Crippen LogP contribution in [0.25, 0.3) is 0 Å². The lowest BCUT2D eigenvalue weighted by atomic mass is 9.98. The van der Waals surface area contributed by atoms with Crippen molar-refractivity contribution in [2.75, 3.05) is 0 Å². The van der Waals surface area contributed by atoms with E-state index in [4.69, 9.17) is 14.7 Å². The van der Waals surface area contributed by atoms with Crippen LogP contribution in [-0.2, 0) is 6.61 Å². The summed E-state index contributed by atoms with van der Waals surface area (Å²) in [5, 5.41) is 19.0. The number of nitriles is 1. The largest absolute Gasteiger partial charge is 0.489 e. The number of aliphatic hydroxyl groups is 1. The maximum Gasteiger partial charge on any atom is 0.160 e. The summed E-state index contributed by atoms with van der Waals surface area (Å²) in [6, 6.07) is 17.8. The summed E-state index contributed by atoms with van der Waals surface area (Å²) in [6.07, 6.45) is 1.29. The molecular weight excluding hydrogens is 380 g/mol. The van der Waals surface area contributed by atoms with Gasteiger partial charge in [0.2, 0.25) is 0 Å². The predicted octanol–water partition coefficient (Wildman–Crippen LogP) is 4.97. The van der Waals surface area contributed by atoms with Crippen molar-refractivity contribution in [3.05, 3.63) is 83.2 Å². The highest BCUT2D eigenvalue weighted by molar-refractivity contribution is 5.95. The van der Waals surface area contributed by atoms with Gasteiger partial charge in [-0.3, -0.25) is 4.79 Å². The van der Waals surface area contributed by atoms with Crippen molar-refractivity contribution in [3.8, 4) is 23.3 Å². The predicted molar refractivity (Wildman–Crippen MR) is 111 cm³/mol. The van der Waals surface area contributed by atoms with Gasteiger partial charge >= 0.3 is 0 Å². The van der Waals surface area contributed by atoms with E-state index < -0.39 is 6.10 Å². The number of nitrogens with zero attached hydrogens (tertiary/aromatic N) is 2. The molecular formula is C24H22N2O4. The van der Waals surface area contributed by atoms with Gasteiger partial charge < -0.3 is 14.6 Å². The van der Waals surface area contributed by atoms with Gasteiger partial charge in [-0.2, -0.15) is 5.26 Å². The quantitative estimate of drug-likeness (QED) is 0.535. The van der Waals surface area contributed by atoms with Gasteiger partial charge in [0.15, 0.2) is 5.78 Å². The zero-order valence-corrected chi connectivity index (χ0v) is 16.8. The molecule has 2 aromatic carbocycles. The van der Waals surface area contributed by atoms with Gasteiger partial charge in [-0.05, 0) is 66.9 Å². The Labute approximate surface area is 175 Å². The normalized spacial score (nSPS) is 11.4. The van der Waals surface area contributed by atoms with E-state index in [0.717, 1.165) is 5.56 Å². The van der Waals surface area contributed by atoms with Crippen molar-refractivity contribution < 1.29 is 19.4 Å². The molecule has 3 rings (SSSR count). The number of hydrogen-bond donors (Lipinski definition) is 1. The molecule has 3 aromatic rings. The third-order valence-electron chi connectivity index (χ3n) is 4.54. The Hall–Kier alpha value is -3.69. The highest BCUT2D eigenvalue weighted by Crippen LogP contribution is 2.27. The Kier molecular flexibility index (Phi) is 6.79. The average Bonchev–Trinajstić information content (AvgIpc) is 2.77. The summed E-state index contributed by atoms with van der Waals surface area (Å²) in [5.74, 6) is 1.64. The van der Waals surface area contributed by atoms with E-state index in [-0.39, 0.29) is 5.78 Å². The molecule has 1 aromatic heterocycles. The van der Waals surface area contributed by atoms with E-state index in [2.05, 4.69) is 4.98 Å². The Morgan fingerprint density at radius 3 is 2.60 bits per heavy atom. The molecule has 1 unspecified atom stereocenters. The molecule has 6 nitrogen and oxygen atoms in total. The second kappa shape index (κ2) is 9.68. The summed E-state index contributed by atoms with van der Waals surface area (Å²) in [5.41, 5.74) is 2.30. The molecule has 1 atom stereocenters. The second-order valence-electron chi connectivity index (χ2n) is 6.76. The van der Waals surface area contributed by atoms with Crippen LogP contribution < -0.4 is 9.47 Å². The van der Waals surface area contributed by atoms with Crippen molar-refractivity contribution in [1.82, 2.24) is 4.98 Å². The molecule has 152 valence electrons. The molecule has 1 N–H and O–H groups in total. The Balaban J connectivity index is 1.71. The average molecular weight is 402 g/mol. The molecule has 0 fully saturated rings. The van der Waals surface area contributed by atoms with Gasteiger partial charge in [0.05, 0.1) is 12.3 Å². The number of ether oxygens (including phenoxy) is 2. The number of aliphatic hydroxyl groups excluding tert-OH is 1. The van der Waals surface area contributed by atoms with E-state index in [1.165, 1.54) is 13.1 Å². The van der Waals surface area contributed by atoms with Crippen LogP contribution in [0.4, 0.5) is 0 Å². The first-order valence-electron chi connectivity index (χ1n) is 9.59. The highest BCUT2D eigenvalue weighted by atomic mass is 16.5. The van der Waals surface area contributed by atoms with E-state index >= 15 is 0 Å². The topological polar surface area (TPSA) is 92.4 Å². The van der Waals surface area contributed by atoms with E-state index in [9.17, 15) is 9.90 Å². The number of Topliss-reactive ketones (excluding diaryl/α,β-unsaturated/α-hetero) is 1. The molecule has 0 aliphatic rings. The lowest BCUT2D eigenvalue weighted by molar-refractivity contribution is 0.100.